The first-order valence-corrected chi connectivity index (χ1v) is 26.2. The van der Waals surface area contributed by atoms with Crippen molar-refractivity contribution >= 4 is 70.1 Å². The van der Waals surface area contributed by atoms with Gasteiger partial charge in [-0.15, -0.1) is 0 Å². The molecule has 1 aromatic heterocycles. The van der Waals surface area contributed by atoms with Gasteiger partial charge in [-0.2, -0.15) is 0 Å². The fourth-order valence-electron chi connectivity index (χ4n) is 8.78. The molecule has 1 aliphatic heterocycles. The number of para-hydroxylation sites is 1. The van der Waals surface area contributed by atoms with Crippen LogP contribution in [0.3, 0.4) is 0 Å². The van der Waals surface area contributed by atoms with Crippen molar-refractivity contribution in [2.75, 3.05) is 13.1 Å². The summed E-state index contributed by atoms with van der Waals surface area (Å²) in [5, 5.41) is 38.9. The van der Waals surface area contributed by atoms with Crippen molar-refractivity contribution in [1.82, 2.24) is 47.1 Å². The molecule has 0 unspecified atom stereocenters. The lowest BCUT2D eigenvalue weighted by atomic mass is 9.96. The highest BCUT2D eigenvalue weighted by molar-refractivity contribution is 5.99. The van der Waals surface area contributed by atoms with Crippen LogP contribution in [0.25, 0.3) is 10.9 Å². The standard InChI is InChI=1S/C52H83N11O12/c1-10-29(7)41(54)48(70)58-36(24-32-26-55-34-18-13-12-17-33(32)34)46(68)59-37(25-40(64)65)51(73)63-22-16-20-39(63)47(69)62-43(30(8)11-2)50(72)61-42(28(5)6)49(71)56-31(9)44(66)57-35(19-14-15-21-53)45(67)60-38(52(74)75)23-27(3)4/h12-13,17-18,26-31,35-39,41-43,55H,10-11,14-16,19-25,53-54H2,1-9H3,(H,56,71)(H,57,66)(H,58,70)(H,59,68)(H,60,67)(H,61,72)(H,62,69)(H,64,65)(H,74,75)/t29-,30-,31-,35-,36-,37-,38-,39-,41-,42-,43-/m0/s1. The number of carboxylic acid groups (broad SMARTS) is 2. The van der Waals surface area contributed by atoms with Crippen molar-refractivity contribution in [3.63, 3.8) is 0 Å². The molecule has 1 saturated heterocycles. The third-order valence-electron chi connectivity index (χ3n) is 13.8. The first-order chi connectivity index (χ1) is 35.3. The molecule has 2 heterocycles. The van der Waals surface area contributed by atoms with Crippen LogP contribution in [0.1, 0.15) is 126 Å². The Balaban J connectivity index is 1.79. The van der Waals surface area contributed by atoms with Crippen molar-refractivity contribution in [2.45, 2.75) is 181 Å². The molecule has 0 saturated carbocycles. The molecule has 1 fully saturated rings. The predicted molar refractivity (Wildman–Crippen MR) is 280 cm³/mol. The molecule has 2 aromatic rings. The van der Waals surface area contributed by atoms with Crippen LogP contribution in [0.15, 0.2) is 30.5 Å². The molecule has 0 spiro atoms. The van der Waals surface area contributed by atoms with Crippen LogP contribution in [-0.2, 0) is 54.4 Å². The Bertz CT molecular complexity index is 2310. The molecule has 14 N–H and O–H groups in total. The highest BCUT2D eigenvalue weighted by atomic mass is 16.4. The predicted octanol–water partition coefficient (Wildman–Crippen LogP) is 0.925. The maximum absolute atomic E-state index is 14.4. The Labute approximate surface area is 439 Å². The molecule has 0 aliphatic carbocycles. The highest BCUT2D eigenvalue weighted by Gasteiger charge is 2.42. The number of fused-ring (bicyclic) bond motifs is 1. The second-order valence-corrected chi connectivity index (χ2v) is 20.6. The third kappa shape index (κ3) is 18.6. The molecule has 418 valence electrons. The zero-order chi connectivity index (χ0) is 56.3. The number of nitrogens with two attached hydrogens (primary N) is 2. The number of nitrogens with one attached hydrogen (secondary N) is 8. The van der Waals surface area contributed by atoms with Crippen molar-refractivity contribution < 1.29 is 58.2 Å². The molecule has 8 amide bonds. The van der Waals surface area contributed by atoms with Gasteiger partial charge in [-0.25, -0.2) is 4.79 Å². The van der Waals surface area contributed by atoms with Crippen molar-refractivity contribution in [3.05, 3.63) is 36.0 Å². The Kier molecular flexibility index (Phi) is 25.1. The zero-order valence-electron chi connectivity index (χ0n) is 45.0. The van der Waals surface area contributed by atoms with E-state index in [0.29, 0.717) is 44.2 Å². The van der Waals surface area contributed by atoms with Gasteiger partial charge in [0.25, 0.3) is 0 Å². The van der Waals surface area contributed by atoms with Gasteiger partial charge in [-0.05, 0) is 87.3 Å². The second kappa shape index (κ2) is 30.1. The Morgan fingerprint density at radius 2 is 1.29 bits per heavy atom. The molecular weight excluding hydrogens is 971 g/mol. The van der Waals surface area contributed by atoms with Gasteiger partial charge in [0.1, 0.15) is 48.3 Å². The molecule has 23 nitrogen and oxygen atoms in total. The van der Waals surface area contributed by atoms with Gasteiger partial charge < -0.3 is 68.8 Å². The maximum atomic E-state index is 14.4. The monoisotopic (exact) mass is 1050 g/mol. The summed E-state index contributed by atoms with van der Waals surface area (Å²) in [7, 11) is 0. The molecule has 75 heavy (non-hydrogen) atoms. The van der Waals surface area contributed by atoms with Crippen molar-refractivity contribution in [3.8, 4) is 0 Å². The van der Waals surface area contributed by atoms with E-state index in [1.165, 1.54) is 11.8 Å². The number of aromatic nitrogens is 1. The third-order valence-corrected chi connectivity index (χ3v) is 13.8. The van der Waals surface area contributed by atoms with E-state index in [1.54, 1.807) is 40.8 Å². The largest absolute Gasteiger partial charge is 0.481 e. The zero-order valence-corrected chi connectivity index (χ0v) is 45.0. The minimum absolute atomic E-state index is 0.0177. The summed E-state index contributed by atoms with van der Waals surface area (Å²) >= 11 is 0. The summed E-state index contributed by atoms with van der Waals surface area (Å²) in [4.78, 5) is 139. The summed E-state index contributed by atoms with van der Waals surface area (Å²) in [5.74, 6) is -10.00. The molecule has 11 atom stereocenters. The topological polar surface area (TPSA) is 366 Å². The van der Waals surface area contributed by atoms with Crippen molar-refractivity contribution in [1.29, 1.82) is 0 Å². The SMILES string of the molecule is CC[C@H](C)[C@H](N)C(=O)N[C@@H](Cc1c[nH]c2ccccc12)C(=O)N[C@@H](CC(=O)O)C(=O)N1CCC[C@H]1C(=O)N[C@H](C(=O)N[C@H](C(=O)N[C@@H](C)C(=O)N[C@@H](CCCCN)C(=O)N[C@@H](CC(C)C)C(=O)O)C(C)C)[C@@H](C)CC. The number of aromatic amines is 1. The number of carboxylic acids is 2. The molecule has 3 rings (SSSR count). The fourth-order valence-corrected chi connectivity index (χ4v) is 8.78. The van der Waals surface area contributed by atoms with E-state index in [-0.39, 0.29) is 44.1 Å². The van der Waals surface area contributed by atoms with Gasteiger partial charge in [0.05, 0.1) is 12.5 Å². The lowest BCUT2D eigenvalue weighted by Crippen LogP contribution is -2.61. The number of benzene rings is 1. The number of hydrogen-bond acceptors (Lipinski definition) is 12. The molecule has 1 aliphatic rings. The van der Waals surface area contributed by atoms with E-state index in [4.69, 9.17) is 11.5 Å². The van der Waals surface area contributed by atoms with Crippen molar-refractivity contribution in [2.24, 2.45) is 35.1 Å². The molecular formula is C52H83N11O12. The van der Waals surface area contributed by atoms with E-state index < -0.39 is 132 Å². The summed E-state index contributed by atoms with van der Waals surface area (Å²) in [6.45, 7) is 15.8. The number of unbranched alkanes of at least 4 members (excludes halogenated alkanes) is 1. The fraction of sp³-hybridized carbons (Fsp3) is 0.654. The first kappa shape index (κ1) is 62.7. The number of aliphatic carboxylic acids is 2. The number of carbonyl (C=O) groups is 10. The number of likely N-dealkylation sites (tertiary alicyclic amines) is 1. The van der Waals surface area contributed by atoms with E-state index in [1.807, 2.05) is 45.0 Å². The number of H-pyrrole nitrogens is 1. The first-order valence-electron chi connectivity index (χ1n) is 26.2. The quantitative estimate of drug-likeness (QED) is 0.0468. The Morgan fingerprint density at radius 3 is 1.89 bits per heavy atom. The number of rotatable bonds is 31. The molecule has 1 aromatic carbocycles. The van der Waals surface area contributed by atoms with Gasteiger partial charge >= 0.3 is 11.9 Å². The van der Waals surface area contributed by atoms with Gasteiger partial charge in [0, 0.05) is 30.1 Å². The summed E-state index contributed by atoms with van der Waals surface area (Å²) in [6, 6.07) is -3.83. The second-order valence-electron chi connectivity index (χ2n) is 20.6. The van der Waals surface area contributed by atoms with Crippen LogP contribution in [0.4, 0.5) is 0 Å². The summed E-state index contributed by atoms with van der Waals surface area (Å²) < 4.78 is 0. The van der Waals surface area contributed by atoms with Crippen LogP contribution < -0.4 is 48.7 Å². The van der Waals surface area contributed by atoms with Crippen LogP contribution >= 0.6 is 0 Å². The minimum Gasteiger partial charge on any atom is -0.481 e. The average molecular weight is 1050 g/mol. The number of amides is 8. The van der Waals surface area contributed by atoms with E-state index in [2.05, 4.69) is 42.2 Å². The number of hydrogen-bond donors (Lipinski definition) is 12. The van der Waals surface area contributed by atoms with Crippen LogP contribution in [-0.4, -0.2) is 147 Å². The maximum Gasteiger partial charge on any atom is 0.326 e. The van der Waals surface area contributed by atoms with Crippen LogP contribution in [0, 0.1) is 23.7 Å². The molecule has 23 heteroatoms. The van der Waals surface area contributed by atoms with E-state index in [9.17, 15) is 58.2 Å². The van der Waals surface area contributed by atoms with E-state index >= 15 is 0 Å². The summed E-state index contributed by atoms with van der Waals surface area (Å²) in [5.41, 5.74) is 13.3. The molecule has 0 radical (unpaired) electrons. The van der Waals surface area contributed by atoms with E-state index in [0.717, 1.165) is 10.9 Å². The number of nitrogens with zero attached hydrogens (tertiary/aromatic N) is 1. The van der Waals surface area contributed by atoms with Gasteiger partial charge in [-0.3, -0.25) is 43.2 Å². The van der Waals surface area contributed by atoms with Crippen LogP contribution in [0.2, 0.25) is 0 Å². The van der Waals surface area contributed by atoms with Gasteiger partial charge in [0.2, 0.25) is 47.3 Å². The van der Waals surface area contributed by atoms with Crippen LogP contribution in [0.5, 0.6) is 0 Å². The highest BCUT2D eigenvalue weighted by Crippen LogP contribution is 2.23. The Morgan fingerprint density at radius 1 is 0.693 bits per heavy atom. The minimum atomic E-state index is -1.67. The summed E-state index contributed by atoms with van der Waals surface area (Å²) in [6.07, 6.45) is 3.49. The number of carbonyl (C=O) groups excluding carboxylic acids is 8. The lowest BCUT2D eigenvalue weighted by Gasteiger charge is -2.32. The normalized spacial score (nSPS) is 17.5. The average Bonchev–Trinajstić information content (AvgIpc) is 4.02. The van der Waals surface area contributed by atoms with Gasteiger partial charge in [0.15, 0.2) is 0 Å². The van der Waals surface area contributed by atoms with Gasteiger partial charge in [-0.1, -0.05) is 86.4 Å². The molecule has 0 bridgehead atoms. The smallest absolute Gasteiger partial charge is 0.326 e. The lowest BCUT2D eigenvalue weighted by molar-refractivity contribution is -0.146. The Hall–Kier alpha value is -6.62.